The number of fused-ring (bicyclic) bond motifs is 3. The molecule has 7 rings (SSSR count). The van der Waals surface area contributed by atoms with Gasteiger partial charge < -0.3 is 24.6 Å². The molecular formula is C23H21F2N7O3. The highest BCUT2D eigenvalue weighted by molar-refractivity contribution is 5.88. The second-order valence-corrected chi connectivity index (χ2v) is 9.34. The van der Waals surface area contributed by atoms with Crippen LogP contribution in [0.3, 0.4) is 0 Å². The van der Waals surface area contributed by atoms with E-state index in [1.165, 1.54) is 12.1 Å². The smallest absolute Gasteiger partial charge is 0.395 e. The fourth-order valence-corrected chi connectivity index (χ4v) is 5.80. The Hall–Kier alpha value is -3.80. The normalized spacial score (nSPS) is 26.2. The van der Waals surface area contributed by atoms with Crippen LogP contribution in [0, 0.1) is 18.8 Å². The van der Waals surface area contributed by atoms with Crippen LogP contribution < -0.4 is 20.1 Å². The van der Waals surface area contributed by atoms with Gasteiger partial charge in [-0.1, -0.05) is 5.16 Å². The average Bonchev–Trinajstić information content (AvgIpc) is 3.18. The number of aromatic nitrogens is 5. The molecule has 0 spiro atoms. The van der Waals surface area contributed by atoms with Gasteiger partial charge in [0.1, 0.15) is 17.1 Å². The molecule has 0 unspecified atom stereocenters. The summed E-state index contributed by atoms with van der Waals surface area (Å²) in [5.41, 5.74) is 9.15. The molecule has 12 heteroatoms. The van der Waals surface area contributed by atoms with Gasteiger partial charge >= 0.3 is 6.29 Å². The van der Waals surface area contributed by atoms with Gasteiger partial charge in [-0.15, -0.1) is 8.78 Å². The Labute approximate surface area is 197 Å². The molecule has 2 aliphatic heterocycles. The number of hydrogen-bond acceptors (Lipinski definition) is 9. The zero-order valence-corrected chi connectivity index (χ0v) is 18.7. The molecule has 0 amide bonds. The minimum absolute atomic E-state index is 0.0197. The SMILES string of the molecule is Cc1cc([C@@]2(CN)[C@@H]3CCN(c4cnc5c(-c6ccc7c(c6)OC(F)(F)O7)[nH]nc5n4)C[C@@H]32)no1. The summed E-state index contributed by atoms with van der Waals surface area (Å²) in [5, 5.41) is 11.5. The van der Waals surface area contributed by atoms with Crippen LogP contribution in [-0.4, -0.2) is 51.3 Å². The second kappa shape index (κ2) is 6.87. The van der Waals surface area contributed by atoms with Crippen molar-refractivity contribution < 1.29 is 22.8 Å². The fraction of sp³-hybridized carbons (Fsp3) is 0.391. The van der Waals surface area contributed by atoms with Gasteiger partial charge in [-0.2, -0.15) is 5.10 Å². The summed E-state index contributed by atoms with van der Waals surface area (Å²) in [6, 6.07) is 6.53. The van der Waals surface area contributed by atoms with Crippen LogP contribution >= 0.6 is 0 Å². The minimum Gasteiger partial charge on any atom is -0.395 e. The van der Waals surface area contributed by atoms with Gasteiger partial charge in [0.25, 0.3) is 0 Å². The molecule has 3 N–H and O–H groups in total. The maximum atomic E-state index is 13.4. The summed E-state index contributed by atoms with van der Waals surface area (Å²) in [5.74, 6) is 2.29. The van der Waals surface area contributed by atoms with Crippen LogP contribution in [0.5, 0.6) is 11.5 Å². The van der Waals surface area contributed by atoms with Crippen molar-refractivity contribution >= 4 is 17.0 Å². The van der Waals surface area contributed by atoms with Crippen molar-refractivity contribution in [1.82, 2.24) is 25.3 Å². The van der Waals surface area contributed by atoms with Crippen molar-refractivity contribution in [2.75, 3.05) is 24.5 Å². The van der Waals surface area contributed by atoms with E-state index in [0.29, 0.717) is 40.8 Å². The number of nitrogens with two attached hydrogens (primary N) is 1. The molecule has 0 radical (unpaired) electrons. The average molecular weight is 481 g/mol. The summed E-state index contributed by atoms with van der Waals surface area (Å²) in [7, 11) is 0. The Morgan fingerprint density at radius 2 is 2.06 bits per heavy atom. The van der Waals surface area contributed by atoms with Gasteiger partial charge in [0.2, 0.25) is 5.65 Å². The molecule has 0 bridgehead atoms. The van der Waals surface area contributed by atoms with Gasteiger partial charge in [0.05, 0.1) is 17.6 Å². The number of aromatic amines is 1. The number of aryl methyl sites for hydroxylation is 1. The van der Waals surface area contributed by atoms with Crippen molar-refractivity contribution in [3.8, 4) is 22.8 Å². The molecule has 1 saturated carbocycles. The number of H-pyrrole nitrogens is 1. The predicted octanol–water partition coefficient (Wildman–Crippen LogP) is 2.99. The number of nitrogens with one attached hydrogen (secondary N) is 1. The van der Waals surface area contributed by atoms with Gasteiger partial charge in [-0.05, 0) is 43.4 Å². The largest absolute Gasteiger partial charge is 0.586 e. The molecular weight excluding hydrogens is 460 g/mol. The van der Waals surface area contributed by atoms with E-state index in [0.717, 1.165) is 36.8 Å². The number of benzene rings is 1. The van der Waals surface area contributed by atoms with Gasteiger partial charge in [0, 0.05) is 36.7 Å². The molecule has 1 aliphatic carbocycles. The number of hydrogen-bond donors (Lipinski definition) is 2. The van der Waals surface area contributed by atoms with E-state index in [1.54, 1.807) is 12.3 Å². The highest BCUT2D eigenvalue weighted by Gasteiger charge is 2.67. The van der Waals surface area contributed by atoms with Crippen molar-refractivity contribution in [3.05, 3.63) is 41.9 Å². The number of piperidine rings is 1. The monoisotopic (exact) mass is 481 g/mol. The first-order valence-corrected chi connectivity index (χ1v) is 11.4. The molecule has 5 heterocycles. The number of ether oxygens (including phenoxy) is 2. The molecule has 35 heavy (non-hydrogen) atoms. The summed E-state index contributed by atoms with van der Waals surface area (Å²) in [6.07, 6.45) is -0.981. The number of alkyl halides is 2. The van der Waals surface area contributed by atoms with Crippen molar-refractivity contribution in [3.63, 3.8) is 0 Å². The summed E-state index contributed by atoms with van der Waals surface area (Å²) < 4.78 is 41.1. The lowest BCUT2D eigenvalue weighted by Gasteiger charge is -2.26. The standard InChI is InChI=1S/C23H21F2N7O3/c1-11-6-17(31-35-11)22(10-26)13-4-5-32(9-14(13)22)18-8-27-20-19(29-30-21(20)28-18)12-2-3-15-16(7-12)34-23(24,25)33-15/h2-3,6-8,13-14H,4-5,9-10,26H2,1H3,(H,28,29,30)/t13-,14+,22+/m1/s1. The molecule has 180 valence electrons. The maximum absolute atomic E-state index is 13.4. The van der Waals surface area contributed by atoms with Crippen LogP contribution in [0.15, 0.2) is 35.0 Å². The van der Waals surface area contributed by atoms with E-state index in [2.05, 4.69) is 34.7 Å². The van der Waals surface area contributed by atoms with Crippen LogP contribution in [0.25, 0.3) is 22.4 Å². The first kappa shape index (κ1) is 20.6. The van der Waals surface area contributed by atoms with E-state index >= 15 is 0 Å². The van der Waals surface area contributed by atoms with Crippen molar-refractivity contribution in [2.24, 2.45) is 17.6 Å². The lowest BCUT2D eigenvalue weighted by atomic mass is 9.97. The van der Waals surface area contributed by atoms with Gasteiger partial charge in [-0.3, -0.25) is 5.10 Å². The van der Waals surface area contributed by atoms with Crippen molar-refractivity contribution in [2.45, 2.75) is 25.1 Å². The summed E-state index contributed by atoms with van der Waals surface area (Å²) in [4.78, 5) is 11.5. The summed E-state index contributed by atoms with van der Waals surface area (Å²) >= 11 is 0. The Bertz CT molecular complexity index is 1470. The van der Waals surface area contributed by atoms with Gasteiger partial charge in [0.15, 0.2) is 11.5 Å². The lowest BCUT2D eigenvalue weighted by Crippen LogP contribution is -2.32. The number of nitrogens with zero attached hydrogens (tertiary/aromatic N) is 5. The number of halogens is 2. The molecule has 3 atom stereocenters. The van der Waals surface area contributed by atoms with E-state index in [-0.39, 0.29) is 16.9 Å². The molecule has 1 saturated heterocycles. The number of anilines is 1. The summed E-state index contributed by atoms with van der Waals surface area (Å²) in [6.45, 7) is 4.03. The Balaban J connectivity index is 1.15. The maximum Gasteiger partial charge on any atom is 0.586 e. The molecule has 1 aromatic carbocycles. The topological polar surface area (TPSA) is 128 Å². The van der Waals surface area contributed by atoms with E-state index < -0.39 is 6.29 Å². The Morgan fingerprint density at radius 3 is 2.86 bits per heavy atom. The molecule has 4 aromatic rings. The van der Waals surface area contributed by atoms with Crippen LogP contribution in [0.4, 0.5) is 14.6 Å². The third kappa shape index (κ3) is 2.95. The van der Waals surface area contributed by atoms with Crippen molar-refractivity contribution in [1.29, 1.82) is 0 Å². The van der Waals surface area contributed by atoms with Gasteiger partial charge in [-0.25, -0.2) is 9.97 Å². The number of rotatable bonds is 4. The Kier molecular flexibility index (Phi) is 4.04. The van der Waals surface area contributed by atoms with Crippen LogP contribution in [0.2, 0.25) is 0 Å². The third-order valence-corrected chi connectivity index (χ3v) is 7.54. The van der Waals surface area contributed by atoms with E-state index in [4.69, 9.17) is 15.2 Å². The van der Waals surface area contributed by atoms with E-state index in [9.17, 15) is 8.78 Å². The highest BCUT2D eigenvalue weighted by Crippen LogP contribution is 2.62. The first-order chi connectivity index (χ1) is 16.9. The Morgan fingerprint density at radius 1 is 1.20 bits per heavy atom. The molecule has 10 nitrogen and oxygen atoms in total. The third-order valence-electron chi connectivity index (χ3n) is 7.54. The van der Waals surface area contributed by atoms with Crippen LogP contribution in [-0.2, 0) is 5.41 Å². The zero-order chi connectivity index (χ0) is 23.9. The second-order valence-electron chi connectivity index (χ2n) is 9.34. The lowest BCUT2D eigenvalue weighted by molar-refractivity contribution is -0.286. The molecule has 2 fully saturated rings. The first-order valence-electron chi connectivity index (χ1n) is 11.4. The predicted molar refractivity (Wildman–Crippen MR) is 119 cm³/mol. The zero-order valence-electron chi connectivity index (χ0n) is 18.7. The molecule has 3 aliphatic rings. The quantitative estimate of drug-likeness (QED) is 0.452. The van der Waals surface area contributed by atoms with Crippen LogP contribution in [0.1, 0.15) is 17.9 Å². The molecule has 3 aromatic heterocycles. The minimum atomic E-state index is -3.67. The highest BCUT2D eigenvalue weighted by atomic mass is 19.3. The van der Waals surface area contributed by atoms with E-state index in [1.807, 2.05) is 13.0 Å². The fourth-order valence-electron chi connectivity index (χ4n) is 5.80.